The van der Waals surface area contributed by atoms with E-state index in [0.717, 1.165) is 16.6 Å². The van der Waals surface area contributed by atoms with E-state index in [1.165, 1.54) is 18.2 Å². The SMILES string of the molecule is Cc1noc(C)c1-c1ccc2c(-c3nc(N[C@H]4CCC[C@H]4O)ncc3C(F)(F)F)cn(S(=O)(=O)c3ccccc3)c2n1. The van der Waals surface area contributed by atoms with Crippen molar-refractivity contribution >= 4 is 27.0 Å². The molecular formula is C28H25F3N6O4S. The number of nitrogens with one attached hydrogen (secondary N) is 1. The van der Waals surface area contributed by atoms with Gasteiger partial charge in [-0.15, -0.1) is 0 Å². The predicted molar refractivity (Wildman–Crippen MR) is 147 cm³/mol. The Kier molecular flexibility index (Phi) is 6.77. The molecule has 1 aliphatic rings. The van der Waals surface area contributed by atoms with Crippen molar-refractivity contribution in [3.05, 3.63) is 71.9 Å². The number of benzene rings is 1. The van der Waals surface area contributed by atoms with Gasteiger partial charge in [0.05, 0.1) is 39.7 Å². The quantitative estimate of drug-likeness (QED) is 0.265. The number of alkyl halides is 3. The zero-order valence-corrected chi connectivity index (χ0v) is 23.2. The molecule has 0 bridgehead atoms. The smallest absolute Gasteiger partial charge is 0.391 e. The topological polar surface area (TPSA) is 136 Å². The summed E-state index contributed by atoms with van der Waals surface area (Å²) in [6, 6.07) is 10.2. The number of anilines is 1. The number of nitrogens with zero attached hydrogens (tertiary/aromatic N) is 5. The Morgan fingerprint density at radius 3 is 2.48 bits per heavy atom. The van der Waals surface area contributed by atoms with Crippen LogP contribution in [0, 0.1) is 13.8 Å². The fraction of sp³-hybridized carbons (Fsp3) is 0.286. The molecule has 218 valence electrons. The number of rotatable bonds is 6. The van der Waals surface area contributed by atoms with Crippen LogP contribution in [0.1, 0.15) is 36.3 Å². The summed E-state index contributed by atoms with van der Waals surface area (Å²) in [5.41, 5.74) is -0.473. The standard InChI is InChI=1S/C28H25F3N6O4S/c1-15-24(16(2)41-36-15)22-12-11-18-19(14-37(26(18)33-22)42(39,40)17-7-4-3-5-8-17)25-20(28(29,30)31)13-32-27(35-25)34-21-9-6-10-23(21)38/h3-5,7-8,11-14,21,23,38H,6,9-10H2,1-2H3,(H,32,34,35)/t21-,23+/m0/s1. The van der Waals surface area contributed by atoms with Crippen LogP contribution >= 0.6 is 0 Å². The van der Waals surface area contributed by atoms with E-state index in [1.54, 1.807) is 38.1 Å². The molecule has 10 nitrogen and oxygen atoms in total. The van der Waals surface area contributed by atoms with Gasteiger partial charge in [0, 0.05) is 23.3 Å². The van der Waals surface area contributed by atoms with Gasteiger partial charge in [-0.1, -0.05) is 23.4 Å². The van der Waals surface area contributed by atoms with Gasteiger partial charge in [-0.05, 0) is 57.4 Å². The molecule has 0 saturated heterocycles. The number of aliphatic hydroxyl groups is 1. The maximum Gasteiger partial charge on any atom is 0.419 e. The van der Waals surface area contributed by atoms with E-state index in [2.05, 4.69) is 25.4 Å². The normalized spacial score (nSPS) is 17.7. The van der Waals surface area contributed by atoms with E-state index >= 15 is 0 Å². The van der Waals surface area contributed by atoms with Crippen molar-refractivity contribution in [3.8, 4) is 22.5 Å². The lowest BCUT2D eigenvalue weighted by molar-refractivity contribution is -0.137. The Bertz CT molecular complexity index is 1880. The van der Waals surface area contributed by atoms with Crippen molar-refractivity contribution < 1.29 is 31.2 Å². The van der Waals surface area contributed by atoms with Crippen molar-refractivity contribution in [1.29, 1.82) is 0 Å². The number of aryl methyl sites for hydroxylation is 2. The molecule has 14 heteroatoms. The molecule has 0 radical (unpaired) electrons. The minimum absolute atomic E-state index is 0.0747. The maximum atomic E-state index is 14.3. The van der Waals surface area contributed by atoms with Gasteiger partial charge in [-0.2, -0.15) is 13.2 Å². The fourth-order valence-corrected chi connectivity index (χ4v) is 6.62. The molecule has 1 aromatic carbocycles. The number of hydrogen-bond donors (Lipinski definition) is 2. The first kappa shape index (κ1) is 27.8. The minimum Gasteiger partial charge on any atom is -0.391 e. The number of aromatic nitrogens is 5. The van der Waals surface area contributed by atoms with Gasteiger partial charge in [0.2, 0.25) is 5.95 Å². The van der Waals surface area contributed by atoms with Gasteiger partial charge in [0.15, 0.2) is 5.65 Å². The highest BCUT2D eigenvalue weighted by atomic mass is 32.2. The second-order valence-corrected chi connectivity index (χ2v) is 11.9. The third-order valence-corrected chi connectivity index (χ3v) is 9.02. The van der Waals surface area contributed by atoms with Crippen LogP contribution in [-0.4, -0.2) is 49.8 Å². The molecule has 4 heterocycles. The molecule has 0 amide bonds. The Morgan fingerprint density at radius 1 is 1.07 bits per heavy atom. The van der Waals surface area contributed by atoms with E-state index in [4.69, 9.17) is 4.52 Å². The molecule has 1 aliphatic carbocycles. The molecule has 1 fully saturated rings. The number of hydrogen-bond acceptors (Lipinski definition) is 9. The first-order valence-electron chi connectivity index (χ1n) is 13.1. The van der Waals surface area contributed by atoms with Crippen LogP contribution in [-0.2, 0) is 16.2 Å². The lowest BCUT2D eigenvalue weighted by Gasteiger charge is -2.18. The molecule has 0 aliphatic heterocycles. The first-order valence-corrected chi connectivity index (χ1v) is 14.5. The number of pyridine rings is 1. The molecule has 6 rings (SSSR count). The third-order valence-electron chi connectivity index (χ3n) is 7.35. The number of fused-ring (bicyclic) bond motifs is 1. The molecule has 2 atom stereocenters. The average molecular weight is 599 g/mol. The van der Waals surface area contributed by atoms with E-state index < -0.39 is 39.6 Å². The average Bonchev–Trinajstić information content (AvgIpc) is 3.64. The summed E-state index contributed by atoms with van der Waals surface area (Å²) in [5, 5.41) is 17.2. The van der Waals surface area contributed by atoms with Crippen molar-refractivity contribution in [2.24, 2.45) is 0 Å². The van der Waals surface area contributed by atoms with Crippen LogP contribution in [0.3, 0.4) is 0 Å². The van der Waals surface area contributed by atoms with Gasteiger partial charge in [-0.25, -0.2) is 27.3 Å². The van der Waals surface area contributed by atoms with Gasteiger partial charge < -0.3 is 14.9 Å². The molecule has 5 aromatic rings. The number of aliphatic hydroxyl groups excluding tert-OH is 1. The van der Waals surface area contributed by atoms with Crippen LogP contribution < -0.4 is 5.32 Å². The van der Waals surface area contributed by atoms with E-state index in [0.29, 0.717) is 41.8 Å². The molecule has 2 N–H and O–H groups in total. The van der Waals surface area contributed by atoms with Gasteiger partial charge in [0.1, 0.15) is 11.3 Å². The van der Waals surface area contributed by atoms with Gasteiger partial charge >= 0.3 is 6.18 Å². The summed E-state index contributed by atoms with van der Waals surface area (Å²) in [5.74, 6) is 0.333. The summed E-state index contributed by atoms with van der Waals surface area (Å²) in [6.07, 6.45) is -1.88. The zero-order valence-electron chi connectivity index (χ0n) is 22.4. The van der Waals surface area contributed by atoms with E-state index in [1.807, 2.05) is 0 Å². The Hall–Kier alpha value is -4.30. The molecule has 0 unspecified atom stereocenters. The highest BCUT2D eigenvalue weighted by Crippen LogP contribution is 2.41. The first-order chi connectivity index (χ1) is 19.9. The lowest BCUT2D eigenvalue weighted by Crippen LogP contribution is -2.29. The van der Waals surface area contributed by atoms with Crippen LogP contribution in [0.5, 0.6) is 0 Å². The van der Waals surface area contributed by atoms with Crippen molar-refractivity contribution in [2.45, 2.75) is 56.3 Å². The second-order valence-electron chi connectivity index (χ2n) is 10.1. The summed E-state index contributed by atoms with van der Waals surface area (Å²) < 4.78 is 76.6. The van der Waals surface area contributed by atoms with E-state index in [9.17, 15) is 26.7 Å². The maximum absolute atomic E-state index is 14.3. The van der Waals surface area contributed by atoms with Crippen molar-refractivity contribution in [2.75, 3.05) is 5.32 Å². The Labute approximate surface area is 238 Å². The summed E-state index contributed by atoms with van der Waals surface area (Å²) in [6.45, 7) is 3.38. The van der Waals surface area contributed by atoms with Crippen molar-refractivity contribution in [1.82, 2.24) is 24.1 Å². The molecule has 1 saturated carbocycles. The number of halogens is 3. The summed E-state index contributed by atoms with van der Waals surface area (Å²) >= 11 is 0. The highest BCUT2D eigenvalue weighted by Gasteiger charge is 2.37. The third kappa shape index (κ3) is 4.79. The molecular weight excluding hydrogens is 573 g/mol. The summed E-state index contributed by atoms with van der Waals surface area (Å²) in [4.78, 5) is 12.6. The second kappa shape index (κ2) is 10.2. The summed E-state index contributed by atoms with van der Waals surface area (Å²) in [7, 11) is -4.30. The van der Waals surface area contributed by atoms with Crippen LogP contribution in [0.2, 0.25) is 0 Å². The largest absolute Gasteiger partial charge is 0.419 e. The molecule has 4 aromatic heterocycles. The lowest BCUT2D eigenvalue weighted by atomic mass is 10.1. The van der Waals surface area contributed by atoms with Crippen molar-refractivity contribution in [3.63, 3.8) is 0 Å². The van der Waals surface area contributed by atoms with Crippen LogP contribution in [0.4, 0.5) is 19.1 Å². The monoisotopic (exact) mass is 598 g/mol. The highest BCUT2D eigenvalue weighted by molar-refractivity contribution is 7.90. The minimum atomic E-state index is -4.85. The van der Waals surface area contributed by atoms with Gasteiger partial charge in [-0.3, -0.25) is 0 Å². The molecule has 0 spiro atoms. The fourth-order valence-electron chi connectivity index (χ4n) is 5.28. The zero-order chi connectivity index (χ0) is 29.8. The molecule has 42 heavy (non-hydrogen) atoms. The Morgan fingerprint density at radius 2 is 1.83 bits per heavy atom. The van der Waals surface area contributed by atoms with E-state index in [-0.39, 0.29) is 27.4 Å². The predicted octanol–water partition coefficient (Wildman–Crippen LogP) is 5.35. The van der Waals surface area contributed by atoms with Gasteiger partial charge in [0.25, 0.3) is 10.0 Å². The van der Waals surface area contributed by atoms with Crippen LogP contribution in [0.25, 0.3) is 33.5 Å². The van der Waals surface area contributed by atoms with Crippen LogP contribution in [0.15, 0.2) is 64.3 Å². The Balaban J connectivity index is 1.61.